The van der Waals surface area contributed by atoms with Gasteiger partial charge in [-0.2, -0.15) is 13.8 Å². The van der Waals surface area contributed by atoms with E-state index in [1.54, 1.807) is 0 Å². The van der Waals surface area contributed by atoms with Crippen LogP contribution in [0, 0.1) is 0 Å². The van der Waals surface area contributed by atoms with Gasteiger partial charge in [0.05, 0.1) is 12.1 Å². The van der Waals surface area contributed by atoms with E-state index in [1.165, 1.54) is 0 Å². The maximum atomic E-state index is 12.6. The molecule has 0 aromatic carbocycles. The Morgan fingerprint density at radius 3 is 2.85 bits per heavy atom. The minimum absolute atomic E-state index is 0.0201. The molecule has 0 aliphatic carbocycles. The molecule has 1 aliphatic rings. The summed E-state index contributed by atoms with van der Waals surface area (Å²) < 4.78 is 58.2. The van der Waals surface area contributed by atoms with Crippen molar-refractivity contribution in [1.82, 2.24) is 15.5 Å². The predicted octanol–water partition coefficient (Wildman–Crippen LogP) is 0.882. The zero-order chi connectivity index (χ0) is 14.8. The molecule has 2 heterocycles. The monoisotopic (exact) mass is 299 g/mol. The second-order valence-corrected chi connectivity index (χ2v) is 4.45. The fourth-order valence-corrected chi connectivity index (χ4v) is 1.71. The van der Waals surface area contributed by atoms with Crippen LogP contribution >= 0.6 is 0 Å². The van der Waals surface area contributed by atoms with Crippen LogP contribution in [0.3, 0.4) is 0 Å². The highest BCUT2D eigenvalue weighted by Gasteiger charge is 2.41. The molecule has 10 heteroatoms. The molecule has 1 aromatic heterocycles. The van der Waals surface area contributed by atoms with Gasteiger partial charge in [0, 0.05) is 6.54 Å². The molecule has 0 radical (unpaired) electrons. The van der Waals surface area contributed by atoms with Gasteiger partial charge in [-0.05, 0) is 6.42 Å². The Bertz CT molecular complexity index is 443. The summed E-state index contributed by atoms with van der Waals surface area (Å²) in [5, 5.41) is 15.7. The summed E-state index contributed by atoms with van der Waals surface area (Å²) in [7, 11) is 0. The zero-order valence-electron chi connectivity index (χ0n) is 10.2. The van der Waals surface area contributed by atoms with E-state index in [2.05, 4.69) is 20.2 Å². The van der Waals surface area contributed by atoms with Crippen LogP contribution in [0.5, 0.6) is 0 Å². The topological polar surface area (TPSA) is 80.4 Å². The lowest BCUT2D eigenvalue weighted by atomic mass is 10.2. The lowest BCUT2D eigenvalue weighted by molar-refractivity contribution is -0.168. The molecular weight excluding hydrogens is 286 g/mol. The summed E-state index contributed by atoms with van der Waals surface area (Å²) in [5.41, 5.74) is 0. The standard InChI is InChI=1S/C10H13F4N3O3/c11-9(12)10(13,14)4-19-3-7-16-8(20-17-7)6-1-5(18)2-15-6/h5-6,9,15,18H,1-4H2/t5-,6-/m0/s1. The van der Waals surface area contributed by atoms with E-state index < -0.39 is 31.7 Å². The molecule has 1 fully saturated rings. The normalized spacial score (nSPS) is 23.7. The molecule has 114 valence electrons. The van der Waals surface area contributed by atoms with Gasteiger partial charge in [-0.1, -0.05) is 5.16 Å². The molecule has 1 aliphatic heterocycles. The largest absolute Gasteiger partial charge is 0.392 e. The van der Waals surface area contributed by atoms with Crippen molar-refractivity contribution in [2.75, 3.05) is 13.2 Å². The first-order chi connectivity index (χ1) is 9.38. The highest BCUT2D eigenvalue weighted by atomic mass is 19.3. The zero-order valence-corrected chi connectivity index (χ0v) is 10.2. The number of ether oxygens (including phenoxy) is 1. The number of nitrogens with one attached hydrogen (secondary N) is 1. The van der Waals surface area contributed by atoms with Crippen LogP contribution in [0.2, 0.25) is 0 Å². The minimum atomic E-state index is -4.20. The third-order valence-corrected chi connectivity index (χ3v) is 2.73. The van der Waals surface area contributed by atoms with Crippen molar-refractivity contribution >= 4 is 0 Å². The number of halogens is 4. The molecule has 0 amide bonds. The smallest absolute Gasteiger partial charge is 0.330 e. The second-order valence-electron chi connectivity index (χ2n) is 4.45. The highest BCUT2D eigenvalue weighted by Crippen LogP contribution is 2.24. The van der Waals surface area contributed by atoms with E-state index in [1.807, 2.05) is 0 Å². The van der Waals surface area contributed by atoms with Crippen LogP contribution in [-0.4, -0.2) is 46.9 Å². The first-order valence-corrected chi connectivity index (χ1v) is 5.86. The van der Waals surface area contributed by atoms with Crippen molar-refractivity contribution in [3.63, 3.8) is 0 Å². The molecule has 0 spiro atoms. The molecule has 1 saturated heterocycles. The Kier molecular flexibility index (Phi) is 4.55. The van der Waals surface area contributed by atoms with E-state index >= 15 is 0 Å². The minimum Gasteiger partial charge on any atom is -0.392 e. The Labute approximate surface area is 111 Å². The van der Waals surface area contributed by atoms with Gasteiger partial charge in [0.15, 0.2) is 5.82 Å². The lowest BCUT2D eigenvalue weighted by Crippen LogP contribution is -2.32. The molecule has 0 saturated carbocycles. The van der Waals surface area contributed by atoms with Crippen molar-refractivity contribution in [2.24, 2.45) is 0 Å². The molecule has 2 rings (SSSR count). The maximum absolute atomic E-state index is 12.6. The Morgan fingerprint density at radius 1 is 1.50 bits per heavy atom. The second kappa shape index (κ2) is 6.02. The van der Waals surface area contributed by atoms with E-state index in [0.29, 0.717) is 13.0 Å². The number of aliphatic hydroxyl groups is 1. The Morgan fingerprint density at radius 2 is 2.25 bits per heavy atom. The Balaban J connectivity index is 1.81. The highest BCUT2D eigenvalue weighted by molar-refractivity contribution is 4.96. The average molecular weight is 299 g/mol. The van der Waals surface area contributed by atoms with Crippen molar-refractivity contribution in [1.29, 1.82) is 0 Å². The summed E-state index contributed by atoms with van der Waals surface area (Å²) >= 11 is 0. The summed E-state index contributed by atoms with van der Waals surface area (Å²) in [6.07, 6.45) is -3.91. The van der Waals surface area contributed by atoms with Gasteiger partial charge in [0.2, 0.25) is 5.89 Å². The summed E-state index contributed by atoms with van der Waals surface area (Å²) in [5.74, 6) is -4.03. The first-order valence-electron chi connectivity index (χ1n) is 5.86. The van der Waals surface area contributed by atoms with Crippen molar-refractivity contribution in [3.05, 3.63) is 11.7 Å². The quantitative estimate of drug-likeness (QED) is 0.759. The Hall–Kier alpha value is -1.26. The summed E-state index contributed by atoms with van der Waals surface area (Å²) in [6, 6.07) is -0.311. The van der Waals surface area contributed by atoms with Gasteiger partial charge >= 0.3 is 12.3 Å². The maximum Gasteiger partial charge on any atom is 0.330 e. The molecule has 20 heavy (non-hydrogen) atoms. The third-order valence-electron chi connectivity index (χ3n) is 2.73. The predicted molar refractivity (Wildman–Crippen MR) is 56.3 cm³/mol. The van der Waals surface area contributed by atoms with Crippen LogP contribution in [0.25, 0.3) is 0 Å². The first kappa shape index (κ1) is 15.1. The van der Waals surface area contributed by atoms with Gasteiger partial charge in [-0.3, -0.25) is 0 Å². The van der Waals surface area contributed by atoms with E-state index in [9.17, 15) is 22.7 Å². The number of aromatic nitrogens is 2. The van der Waals surface area contributed by atoms with Crippen LogP contribution in [0.1, 0.15) is 24.2 Å². The van der Waals surface area contributed by atoms with Gasteiger partial charge in [-0.25, -0.2) is 8.78 Å². The van der Waals surface area contributed by atoms with E-state index in [4.69, 9.17) is 4.52 Å². The number of β-amino-alcohol motifs (C(OH)–C–C–N with tert-alkyl or cyclic N) is 1. The number of hydrogen-bond acceptors (Lipinski definition) is 6. The number of alkyl halides is 4. The van der Waals surface area contributed by atoms with Crippen LogP contribution < -0.4 is 5.32 Å². The van der Waals surface area contributed by atoms with Gasteiger partial charge in [-0.15, -0.1) is 0 Å². The average Bonchev–Trinajstić information content (AvgIpc) is 2.97. The SMILES string of the molecule is O[C@@H]1CN[C@H](c2nc(COCC(F)(F)C(F)F)no2)C1. The van der Waals surface area contributed by atoms with Gasteiger partial charge < -0.3 is 19.7 Å². The van der Waals surface area contributed by atoms with E-state index in [0.717, 1.165) is 0 Å². The van der Waals surface area contributed by atoms with Crippen molar-refractivity contribution < 1.29 is 31.9 Å². The van der Waals surface area contributed by atoms with E-state index in [-0.39, 0.29) is 17.8 Å². The van der Waals surface area contributed by atoms with Crippen LogP contribution in [0.4, 0.5) is 17.6 Å². The molecule has 0 bridgehead atoms. The summed E-state index contributed by atoms with van der Waals surface area (Å²) in [6.45, 7) is -1.49. The van der Waals surface area contributed by atoms with Crippen LogP contribution in [-0.2, 0) is 11.3 Å². The molecule has 1 aromatic rings. The third kappa shape index (κ3) is 3.64. The molecule has 2 atom stereocenters. The molecule has 6 nitrogen and oxygen atoms in total. The number of rotatable bonds is 6. The fourth-order valence-electron chi connectivity index (χ4n) is 1.71. The van der Waals surface area contributed by atoms with Crippen LogP contribution in [0.15, 0.2) is 4.52 Å². The van der Waals surface area contributed by atoms with Crippen molar-refractivity contribution in [3.8, 4) is 0 Å². The lowest BCUT2D eigenvalue weighted by Gasteiger charge is -2.14. The summed E-state index contributed by atoms with van der Waals surface area (Å²) in [4.78, 5) is 3.88. The number of nitrogens with zero attached hydrogens (tertiary/aromatic N) is 2. The fraction of sp³-hybridized carbons (Fsp3) is 0.800. The number of aliphatic hydroxyl groups excluding tert-OH is 1. The van der Waals surface area contributed by atoms with Gasteiger partial charge in [0.25, 0.3) is 0 Å². The van der Waals surface area contributed by atoms with Gasteiger partial charge in [0.1, 0.15) is 13.2 Å². The molecule has 0 unspecified atom stereocenters. The van der Waals surface area contributed by atoms with Crippen molar-refractivity contribution in [2.45, 2.75) is 37.5 Å². The number of hydrogen-bond donors (Lipinski definition) is 2. The molecule has 2 N–H and O–H groups in total. The molecular formula is C10H13F4N3O3.